The molecule has 5 nitrogen and oxygen atoms in total. The highest BCUT2D eigenvalue weighted by atomic mass is 16.5. The topological polar surface area (TPSA) is 71.0 Å². The summed E-state index contributed by atoms with van der Waals surface area (Å²) in [6.07, 6.45) is -0.642. The summed E-state index contributed by atoms with van der Waals surface area (Å²) >= 11 is 0. The number of aliphatic hydroxyl groups excluding tert-OH is 2. The Labute approximate surface area is 114 Å². The number of methoxy groups -OCH3 is 1. The Morgan fingerprint density at radius 2 is 2.00 bits per heavy atom. The maximum atomic E-state index is 9.80. The van der Waals surface area contributed by atoms with Crippen molar-refractivity contribution < 1.29 is 19.7 Å². The van der Waals surface area contributed by atoms with E-state index in [1.54, 1.807) is 19.2 Å². The number of β-amino-alcohol motifs (C(OH)–C–C–N with tert-alkyl or cyclic N) is 1. The Balaban J connectivity index is 2.35. The van der Waals surface area contributed by atoms with Gasteiger partial charge in [-0.25, -0.2) is 0 Å². The first-order valence-electron chi connectivity index (χ1n) is 6.27. The highest BCUT2D eigenvalue weighted by Gasteiger charge is 2.17. The summed E-state index contributed by atoms with van der Waals surface area (Å²) in [6.45, 7) is 4.28. The largest absolute Gasteiger partial charge is 0.497 e. The van der Waals surface area contributed by atoms with Crippen LogP contribution in [0.3, 0.4) is 0 Å². The fourth-order valence-electron chi connectivity index (χ4n) is 1.39. The summed E-state index contributed by atoms with van der Waals surface area (Å²) in [5, 5.41) is 21.9. The number of hydrogen-bond donors (Lipinski definition) is 3. The molecule has 1 unspecified atom stereocenters. The SMILES string of the molecule is COc1cccc(OCC(O)CNC(C)(C)CO)c1. The second kappa shape index (κ2) is 7.33. The molecule has 0 aromatic heterocycles. The van der Waals surface area contributed by atoms with Crippen molar-refractivity contribution >= 4 is 0 Å². The molecule has 0 saturated carbocycles. The van der Waals surface area contributed by atoms with Crippen molar-refractivity contribution in [3.8, 4) is 11.5 Å². The Bertz CT molecular complexity index is 381. The van der Waals surface area contributed by atoms with Gasteiger partial charge < -0.3 is 25.0 Å². The summed E-state index contributed by atoms with van der Waals surface area (Å²) < 4.78 is 10.6. The van der Waals surface area contributed by atoms with Gasteiger partial charge in [0.2, 0.25) is 0 Å². The Kier molecular flexibility index (Phi) is 6.08. The molecule has 1 rings (SSSR count). The van der Waals surface area contributed by atoms with Gasteiger partial charge in [-0.15, -0.1) is 0 Å². The number of ether oxygens (including phenoxy) is 2. The smallest absolute Gasteiger partial charge is 0.123 e. The molecule has 0 aliphatic carbocycles. The van der Waals surface area contributed by atoms with Crippen LogP contribution in [-0.2, 0) is 0 Å². The van der Waals surface area contributed by atoms with E-state index in [0.717, 1.165) is 0 Å². The predicted molar refractivity (Wildman–Crippen MR) is 73.7 cm³/mol. The molecule has 3 N–H and O–H groups in total. The van der Waals surface area contributed by atoms with Gasteiger partial charge in [0.25, 0.3) is 0 Å². The van der Waals surface area contributed by atoms with Crippen LogP contribution in [0.15, 0.2) is 24.3 Å². The fraction of sp³-hybridized carbons (Fsp3) is 0.571. The van der Waals surface area contributed by atoms with Crippen LogP contribution in [0, 0.1) is 0 Å². The first-order valence-corrected chi connectivity index (χ1v) is 6.27. The van der Waals surface area contributed by atoms with Gasteiger partial charge >= 0.3 is 0 Å². The summed E-state index contributed by atoms with van der Waals surface area (Å²) in [5.74, 6) is 1.37. The van der Waals surface area contributed by atoms with E-state index in [1.807, 2.05) is 26.0 Å². The van der Waals surface area contributed by atoms with E-state index < -0.39 is 11.6 Å². The van der Waals surface area contributed by atoms with Crippen LogP contribution in [0.4, 0.5) is 0 Å². The molecule has 0 spiro atoms. The van der Waals surface area contributed by atoms with Gasteiger partial charge in [-0.3, -0.25) is 0 Å². The van der Waals surface area contributed by atoms with Crippen molar-refractivity contribution in [1.82, 2.24) is 5.32 Å². The fourth-order valence-corrected chi connectivity index (χ4v) is 1.39. The third kappa shape index (κ3) is 5.92. The minimum Gasteiger partial charge on any atom is -0.497 e. The molecule has 1 aromatic rings. The van der Waals surface area contributed by atoms with Gasteiger partial charge in [0.05, 0.1) is 13.7 Å². The van der Waals surface area contributed by atoms with E-state index in [4.69, 9.17) is 14.6 Å². The lowest BCUT2D eigenvalue weighted by Crippen LogP contribution is -2.47. The van der Waals surface area contributed by atoms with E-state index in [2.05, 4.69) is 5.32 Å². The highest BCUT2D eigenvalue weighted by Crippen LogP contribution is 2.18. The van der Waals surface area contributed by atoms with Gasteiger partial charge in [-0.05, 0) is 26.0 Å². The molecule has 1 aromatic carbocycles. The molecule has 19 heavy (non-hydrogen) atoms. The van der Waals surface area contributed by atoms with E-state index in [1.165, 1.54) is 0 Å². The van der Waals surface area contributed by atoms with Gasteiger partial charge in [0.15, 0.2) is 0 Å². The first kappa shape index (κ1) is 15.8. The molecule has 0 fully saturated rings. The zero-order chi connectivity index (χ0) is 14.3. The normalized spacial score (nSPS) is 13.1. The van der Waals surface area contributed by atoms with Crippen LogP contribution >= 0.6 is 0 Å². The Hall–Kier alpha value is -1.30. The van der Waals surface area contributed by atoms with Crippen LogP contribution in [0.5, 0.6) is 11.5 Å². The molecule has 0 heterocycles. The molecule has 0 bridgehead atoms. The zero-order valence-electron chi connectivity index (χ0n) is 11.7. The molecule has 108 valence electrons. The van der Waals surface area contributed by atoms with E-state index in [0.29, 0.717) is 18.0 Å². The van der Waals surface area contributed by atoms with Crippen molar-refractivity contribution in [1.29, 1.82) is 0 Å². The molecule has 0 aliphatic heterocycles. The first-order chi connectivity index (χ1) is 8.96. The molecule has 0 saturated heterocycles. The second-order valence-electron chi connectivity index (χ2n) is 5.07. The Morgan fingerprint density at radius 1 is 1.32 bits per heavy atom. The number of aliphatic hydroxyl groups is 2. The van der Waals surface area contributed by atoms with E-state index in [-0.39, 0.29) is 13.2 Å². The molecular formula is C14H23NO4. The molecule has 0 amide bonds. The second-order valence-corrected chi connectivity index (χ2v) is 5.07. The maximum Gasteiger partial charge on any atom is 0.123 e. The van der Waals surface area contributed by atoms with E-state index in [9.17, 15) is 5.11 Å². The lowest BCUT2D eigenvalue weighted by atomic mass is 10.1. The standard InChI is InChI=1S/C14H23NO4/c1-14(2,10-16)15-8-11(17)9-19-13-6-4-5-12(7-13)18-3/h4-7,11,15-17H,8-10H2,1-3H3. The number of rotatable bonds is 8. The molecule has 5 heteroatoms. The van der Waals surface area contributed by atoms with Crippen LogP contribution in [0.2, 0.25) is 0 Å². The van der Waals surface area contributed by atoms with Gasteiger partial charge in [0.1, 0.15) is 24.2 Å². The van der Waals surface area contributed by atoms with Crippen LogP contribution < -0.4 is 14.8 Å². The summed E-state index contributed by atoms with van der Waals surface area (Å²) in [7, 11) is 1.59. The van der Waals surface area contributed by atoms with Crippen molar-refractivity contribution in [2.75, 3.05) is 26.9 Å². The third-order valence-corrected chi connectivity index (χ3v) is 2.70. The lowest BCUT2D eigenvalue weighted by Gasteiger charge is -2.25. The average Bonchev–Trinajstić information content (AvgIpc) is 2.43. The van der Waals surface area contributed by atoms with E-state index >= 15 is 0 Å². The molecule has 0 aliphatic rings. The van der Waals surface area contributed by atoms with Gasteiger partial charge in [0, 0.05) is 18.2 Å². The van der Waals surface area contributed by atoms with Crippen molar-refractivity contribution in [3.63, 3.8) is 0 Å². The van der Waals surface area contributed by atoms with Crippen LogP contribution in [0.1, 0.15) is 13.8 Å². The molecule has 1 atom stereocenters. The van der Waals surface area contributed by atoms with Gasteiger partial charge in [-0.1, -0.05) is 6.07 Å². The lowest BCUT2D eigenvalue weighted by molar-refractivity contribution is 0.0905. The van der Waals surface area contributed by atoms with Crippen LogP contribution in [0.25, 0.3) is 0 Å². The number of hydrogen-bond acceptors (Lipinski definition) is 5. The maximum absolute atomic E-state index is 9.80. The minimum atomic E-state index is -0.642. The zero-order valence-corrected chi connectivity index (χ0v) is 11.7. The summed E-state index contributed by atoms with van der Waals surface area (Å²) in [6, 6.07) is 7.22. The third-order valence-electron chi connectivity index (χ3n) is 2.70. The predicted octanol–water partition coefficient (Wildman–Crippen LogP) is 0.795. The van der Waals surface area contributed by atoms with Crippen molar-refractivity contribution in [2.45, 2.75) is 25.5 Å². The molecule has 0 radical (unpaired) electrons. The highest BCUT2D eigenvalue weighted by molar-refractivity contribution is 5.32. The number of benzene rings is 1. The number of nitrogens with one attached hydrogen (secondary N) is 1. The van der Waals surface area contributed by atoms with Gasteiger partial charge in [-0.2, -0.15) is 0 Å². The monoisotopic (exact) mass is 269 g/mol. The van der Waals surface area contributed by atoms with Crippen LogP contribution in [-0.4, -0.2) is 48.7 Å². The summed E-state index contributed by atoms with van der Waals surface area (Å²) in [5.41, 5.74) is -0.406. The van der Waals surface area contributed by atoms with Crippen molar-refractivity contribution in [2.24, 2.45) is 0 Å². The van der Waals surface area contributed by atoms with Crippen molar-refractivity contribution in [3.05, 3.63) is 24.3 Å². The quantitative estimate of drug-likeness (QED) is 0.651. The minimum absolute atomic E-state index is 0.0104. The molecular weight excluding hydrogens is 246 g/mol. The Morgan fingerprint density at radius 3 is 2.63 bits per heavy atom. The summed E-state index contributed by atoms with van der Waals surface area (Å²) in [4.78, 5) is 0. The average molecular weight is 269 g/mol.